The fraction of sp³-hybridized carbons (Fsp3) is 0.0476. The van der Waals surface area contributed by atoms with Gasteiger partial charge in [-0.25, -0.2) is 0 Å². The fourth-order valence-electron chi connectivity index (χ4n) is 6.81. The molecular formula is C42H28O2. The van der Waals surface area contributed by atoms with E-state index in [1.54, 1.807) is 0 Å². The van der Waals surface area contributed by atoms with E-state index < -0.39 is 0 Å². The molecule has 0 bridgehead atoms. The van der Waals surface area contributed by atoms with Crippen molar-refractivity contribution in [2.24, 2.45) is 0 Å². The maximum Gasteiger partial charge on any atom is 0.143 e. The molecule has 2 nitrogen and oxygen atoms in total. The minimum atomic E-state index is 0.181. The molecular weight excluding hydrogens is 536 g/mol. The highest BCUT2D eigenvalue weighted by Crippen LogP contribution is 2.44. The highest BCUT2D eigenvalue weighted by molar-refractivity contribution is 6.13. The maximum absolute atomic E-state index is 6.64. The topological polar surface area (TPSA) is 26.3 Å². The molecule has 44 heavy (non-hydrogen) atoms. The molecule has 9 rings (SSSR count). The number of furan rings is 2. The molecule has 1 aliphatic rings. The van der Waals surface area contributed by atoms with Crippen LogP contribution in [0.5, 0.6) is 0 Å². The third-order valence-electron chi connectivity index (χ3n) is 9.07. The van der Waals surface area contributed by atoms with E-state index in [-0.39, 0.29) is 5.92 Å². The van der Waals surface area contributed by atoms with Gasteiger partial charge < -0.3 is 8.83 Å². The van der Waals surface area contributed by atoms with Gasteiger partial charge in [0.2, 0.25) is 0 Å². The van der Waals surface area contributed by atoms with Crippen LogP contribution in [0.2, 0.25) is 0 Å². The van der Waals surface area contributed by atoms with Crippen LogP contribution in [0.4, 0.5) is 0 Å². The second-order valence-corrected chi connectivity index (χ2v) is 11.6. The summed E-state index contributed by atoms with van der Waals surface area (Å²) in [6.45, 7) is 0. The van der Waals surface area contributed by atoms with Crippen molar-refractivity contribution in [3.05, 3.63) is 162 Å². The van der Waals surface area contributed by atoms with Gasteiger partial charge in [-0.05, 0) is 45.9 Å². The number of para-hydroxylation sites is 1. The lowest BCUT2D eigenvalue weighted by atomic mass is 9.86. The average molecular weight is 565 g/mol. The Morgan fingerprint density at radius 3 is 1.80 bits per heavy atom. The van der Waals surface area contributed by atoms with Gasteiger partial charge in [0.05, 0.1) is 0 Å². The van der Waals surface area contributed by atoms with Crippen LogP contribution in [0.15, 0.2) is 154 Å². The molecule has 6 aromatic carbocycles. The first kappa shape index (κ1) is 24.9. The van der Waals surface area contributed by atoms with Crippen LogP contribution in [0, 0.1) is 0 Å². The Bertz CT molecular complexity index is 2320. The van der Waals surface area contributed by atoms with Crippen LogP contribution in [0.3, 0.4) is 0 Å². The van der Waals surface area contributed by atoms with Crippen molar-refractivity contribution in [2.45, 2.75) is 12.3 Å². The Labute approximate surface area is 255 Å². The highest BCUT2D eigenvalue weighted by atomic mass is 16.3. The second kappa shape index (κ2) is 10.00. The summed E-state index contributed by atoms with van der Waals surface area (Å²) in [6.07, 6.45) is 5.43. The minimum absolute atomic E-state index is 0.181. The number of hydrogen-bond donors (Lipinski definition) is 0. The molecule has 1 aliphatic carbocycles. The fourth-order valence-corrected chi connectivity index (χ4v) is 6.81. The van der Waals surface area contributed by atoms with Crippen LogP contribution < -0.4 is 0 Å². The van der Waals surface area contributed by atoms with Crippen LogP contribution in [-0.4, -0.2) is 0 Å². The highest BCUT2D eigenvalue weighted by Gasteiger charge is 2.26. The molecule has 0 fully saturated rings. The van der Waals surface area contributed by atoms with E-state index in [0.717, 1.165) is 56.2 Å². The van der Waals surface area contributed by atoms with Gasteiger partial charge in [-0.15, -0.1) is 0 Å². The molecule has 208 valence electrons. The number of rotatable bonds is 4. The summed E-state index contributed by atoms with van der Waals surface area (Å²) < 4.78 is 13.2. The Hall–Kier alpha value is -5.60. The van der Waals surface area contributed by atoms with Gasteiger partial charge in [-0.1, -0.05) is 140 Å². The van der Waals surface area contributed by atoms with E-state index in [2.05, 4.69) is 146 Å². The molecule has 2 aromatic heterocycles. The number of fused-ring (bicyclic) bond motifs is 6. The van der Waals surface area contributed by atoms with E-state index in [9.17, 15) is 0 Å². The predicted molar refractivity (Wildman–Crippen MR) is 182 cm³/mol. The average Bonchev–Trinajstić information content (AvgIpc) is 3.65. The minimum Gasteiger partial charge on any atom is -0.460 e. The number of hydrogen-bond acceptors (Lipinski definition) is 2. The number of allylic oxidation sites excluding steroid dienone is 1. The lowest BCUT2D eigenvalue weighted by Gasteiger charge is -2.18. The van der Waals surface area contributed by atoms with Crippen molar-refractivity contribution in [1.82, 2.24) is 0 Å². The third kappa shape index (κ3) is 4.03. The smallest absolute Gasteiger partial charge is 0.143 e. The molecule has 2 heteroatoms. The van der Waals surface area contributed by atoms with Gasteiger partial charge in [-0.2, -0.15) is 0 Å². The summed E-state index contributed by atoms with van der Waals surface area (Å²) >= 11 is 0. The first-order valence-electron chi connectivity index (χ1n) is 15.2. The zero-order valence-electron chi connectivity index (χ0n) is 24.0. The van der Waals surface area contributed by atoms with Crippen LogP contribution in [0.1, 0.15) is 29.2 Å². The maximum atomic E-state index is 6.64. The molecule has 0 radical (unpaired) electrons. The monoisotopic (exact) mass is 564 g/mol. The molecule has 2 heterocycles. The summed E-state index contributed by atoms with van der Waals surface area (Å²) in [5.41, 5.74) is 12.2. The Balaban J connectivity index is 1.11. The van der Waals surface area contributed by atoms with E-state index in [4.69, 9.17) is 8.83 Å². The summed E-state index contributed by atoms with van der Waals surface area (Å²) in [4.78, 5) is 0. The van der Waals surface area contributed by atoms with Crippen molar-refractivity contribution in [2.75, 3.05) is 0 Å². The van der Waals surface area contributed by atoms with Gasteiger partial charge in [0.25, 0.3) is 0 Å². The van der Waals surface area contributed by atoms with Crippen LogP contribution in [-0.2, 0) is 0 Å². The van der Waals surface area contributed by atoms with Crippen LogP contribution >= 0.6 is 0 Å². The van der Waals surface area contributed by atoms with Crippen LogP contribution in [0.25, 0.3) is 72.4 Å². The Morgan fingerprint density at radius 1 is 0.477 bits per heavy atom. The quantitative estimate of drug-likeness (QED) is 0.212. The van der Waals surface area contributed by atoms with Gasteiger partial charge in [-0.3, -0.25) is 0 Å². The lowest BCUT2D eigenvalue weighted by Crippen LogP contribution is -2.03. The largest absolute Gasteiger partial charge is 0.460 e. The normalized spacial score (nSPS) is 14.4. The van der Waals surface area contributed by atoms with E-state index >= 15 is 0 Å². The first-order chi connectivity index (χ1) is 21.8. The predicted octanol–water partition coefficient (Wildman–Crippen LogP) is 11.9. The second-order valence-electron chi connectivity index (χ2n) is 11.6. The van der Waals surface area contributed by atoms with Gasteiger partial charge in [0, 0.05) is 39.3 Å². The third-order valence-corrected chi connectivity index (χ3v) is 9.07. The van der Waals surface area contributed by atoms with Gasteiger partial charge in [0.15, 0.2) is 0 Å². The molecule has 0 saturated carbocycles. The summed E-state index contributed by atoms with van der Waals surface area (Å²) in [5, 5.41) is 3.37. The van der Waals surface area contributed by atoms with Crippen molar-refractivity contribution < 1.29 is 8.83 Å². The number of benzene rings is 6. The van der Waals surface area contributed by atoms with E-state index in [1.165, 1.54) is 33.4 Å². The Kier molecular flexibility index (Phi) is 5.67. The van der Waals surface area contributed by atoms with Crippen molar-refractivity contribution >= 4 is 39.0 Å². The van der Waals surface area contributed by atoms with Gasteiger partial charge in [0.1, 0.15) is 22.5 Å². The summed E-state index contributed by atoms with van der Waals surface area (Å²) in [5.74, 6) is 1.21. The lowest BCUT2D eigenvalue weighted by molar-refractivity contribution is 0.516. The molecule has 1 unspecified atom stereocenters. The standard InChI is InChI=1S/C42H28O2/c1-3-9-27(10-4-1)29-17-21-31(22-18-29)33-13-7-15-35-37-25-38-36-16-8-14-34(42(36)44-40(38)26-39(37)43-41(33)35)32-23-19-30(20-24-32)28-11-5-2-6-12-28/h1-13,15-26,34H,14H2. The molecule has 0 aliphatic heterocycles. The molecule has 0 saturated heterocycles. The zero-order chi connectivity index (χ0) is 29.0. The molecule has 8 aromatic rings. The van der Waals surface area contributed by atoms with Gasteiger partial charge >= 0.3 is 0 Å². The van der Waals surface area contributed by atoms with Crippen molar-refractivity contribution in [3.63, 3.8) is 0 Å². The first-order valence-corrected chi connectivity index (χ1v) is 15.2. The molecule has 0 amide bonds. The molecule has 1 atom stereocenters. The Morgan fingerprint density at radius 2 is 1.09 bits per heavy atom. The van der Waals surface area contributed by atoms with E-state index in [0.29, 0.717) is 0 Å². The zero-order valence-corrected chi connectivity index (χ0v) is 24.0. The van der Waals surface area contributed by atoms with Crippen molar-refractivity contribution in [1.29, 1.82) is 0 Å². The summed E-state index contributed by atoms with van der Waals surface area (Å²) in [6, 6.07) is 49.4. The van der Waals surface area contributed by atoms with E-state index in [1.807, 2.05) is 6.07 Å². The summed E-state index contributed by atoms with van der Waals surface area (Å²) in [7, 11) is 0. The molecule has 0 spiro atoms. The van der Waals surface area contributed by atoms with Crippen molar-refractivity contribution in [3.8, 4) is 33.4 Å². The molecule has 0 N–H and O–H groups in total. The SMILES string of the molecule is C1=Cc2c(oc3cc4oc5c(-c6ccc(-c7ccccc7)cc6)cccc5c4cc23)C(c2ccc(-c3ccccc3)cc2)C1.